The Morgan fingerprint density at radius 3 is 2.54 bits per heavy atom. The summed E-state index contributed by atoms with van der Waals surface area (Å²) in [5.74, 6) is 0. The Bertz CT molecular complexity index is 214. The second-order valence-corrected chi connectivity index (χ2v) is 4.47. The molecule has 1 aliphatic carbocycles. The normalized spacial score (nSPS) is 27.5. The van der Waals surface area contributed by atoms with Crippen molar-refractivity contribution in [2.24, 2.45) is 0 Å². The summed E-state index contributed by atoms with van der Waals surface area (Å²) in [7, 11) is 0. The Balaban J connectivity index is 2.03. The molecule has 1 saturated heterocycles. The number of rotatable bonds is 0. The third kappa shape index (κ3) is 1.77. The number of hydrogen-bond donors (Lipinski definition) is 1. The van der Waals surface area contributed by atoms with Gasteiger partial charge in [-0.15, -0.1) is 0 Å². The number of amides is 1. The van der Waals surface area contributed by atoms with E-state index in [4.69, 9.17) is 4.74 Å². The van der Waals surface area contributed by atoms with Gasteiger partial charge in [-0.2, -0.15) is 0 Å². The van der Waals surface area contributed by atoms with Gasteiger partial charge in [0.25, 0.3) is 0 Å². The van der Waals surface area contributed by atoms with Crippen LogP contribution < -0.4 is 0 Å². The van der Waals surface area contributed by atoms with Crippen LogP contribution in [-0.2, 0) is 4.74 Å². The first-order valence-electron chi connectivity index (χ1n) is 4.91. The highest BCUT2D eigenvalue weighted by Gasteiger charge is 2.40. The molecule has 2 fully saturated rings. The molecule has 1 aliphatic heterocycles. The Morgan fingerprint density at radius 2 is 1.92 bits per heavy atom. The third-order valence-electron chi connectivity index (χ3n) is 3.06. The molecule has 4 heteroatoms. The number of carbonyl (C=O) groups excluding carboxylic acids is 1. The number of nitrogens with zero attached hydrogens (tertiary/aromatic N) is 1. The topological polar surface area (TPSA) is 29.5 Å². The molecule has 0 bridgehead atoms. The molecule has 0 N–H and O–H groups in total. The lowest BCUT2D eigenvalue weighted by molar-refractivity contribution is -0.0525. The maximum Gasteiger partial charge on any atom is 0.420 e. The average molecular weight is 201 g/mol. The van der Waals surface area contributed by atoms with Gasteiger partial charge in [-0.25, -0.2) is 4.79 Å². The van der Waals surface area contributed by atoms with Crippen LogP contribution in [-0.4, -0.2) is 22.5 Å². The van der Waals surface area contributed by atoms with Crippen LogP contribution in [0.25, 0.3) is 0 Å². The highest BCUT2D eigenvalue weighted by molar-refractivity contribution is 7.78. The molecule has 0 unspecified atom stereocenters. The SMILES string of the molecule is O=C1OC2(CCCCC2)CCN1S. The van der Waals surface area contributed by atoms with Crippen LogP contribution in [0.5, 0.6) is 0 Å². The van der Waals surface area contributed by atoms with Crippen molar-refractivity contribution in [3.05, 3.63) is 0 Å². The van der Waals surface area contributed by atoms with Crippen molar-refractivity contribution < 1.29 is 9.53 Å². The Morgan fingerprint density at radius 1 is 1.23 bits per heavy atom. The van der Waals surface area contributed by atoms with E-state index >= 15 is 0 Å². The number of hydrogen-bond acceptors (Lipinski definition) is 3. The molecule has 2 aliphatic rings. The molecule has 1 spiro atoms. The van der Waals surface area contributed by atoms with Crippen molar-refractivity contribution >= 4 is 18.9 Å². The first kappa shape index (κ1) is 9.19. The quantitative estimate of drug-likeness (QED) is 0.610. The van der Waals surface area contributed by atoms with Crippen molar-refractivity contribution in [2.75, 3.05) is 6.54 Å². The van der Waals surface area contributed by atoms with Crippen LogP contribution in [0.3, 0.4) is 0 Å². The number of thiol groups is 1. The van der Waals surface area contributed by atoms with Gasteiger partial charge in [0.1, 0.15) is 5.60 Å². The smallest absolute Gasteiger partial charge is 0.420 e. The van der Waals surface area contributed by atoms with E-state index in [1.807, 2.05) is 0 Å². The molecule has 0 aromatic carbocycles. The van der Waals surface area contributed by atoms with Crippen molar-refractivity contribution in [2.45, 2.75) is 44.1 Å². The van der Waals surface area contributed by atoms with Crippen molar-refractivity contribution in [1.29, 1.82) is 0 Å². The lowest BCUT2D eigenvalue weighted by atomic mass is 9.82. The minimum Gasteiger partial charge on any atom is -0.442 e. The second kappa shape index (κ2) is 3.40. The summed E-state index contributed by atoms with van der Waals surface area (Å²) >= 11 is 4.02. The fraction of sp³-hybridized carbons (Fsp3) is 0.889. The van der Waals surface area contributed by atoms with Gasteiger partial charge in [-0.05, 0) is 25.7 Å². The van der Waals surface area contributed by atoms with Crippen LogP contribution in [0.15, 0.2) is 0 Å². The van der Waals surface area contributed by atoms with Gasteiger partial charge in [0.2, 0.25) is 0 Å². The predicted octanol–water partition coefficient (Wildman–Crippen LogP) is 2.38. The Hall–Kier alpha value is -0.380. The zero-order valence-electron chi connectivity index (χ0n) is 7.66. The molecule has 1 saturated carbocycles. The number of carbonyl (C=O) groups is 1. The number of ether oxygens (including phenoxy) is 1. The molecule has 1 amide bonds. The van der Waals surface area contributed by atoms with Crippen LogP contribution in [0.1, 0.15) is 38.5 Å². The van der Waals surface area contributed by atoms with E-state index in [-0.39, 0.29) is 11.7 Å². The zero-order valence-corrected chi connectivity index (χ0v) is 8.56. The summed E-state index contributed by atoms with van der Waals surface area (Å²) in [4.78, 5) is 11.3. The summed E-state index contributed by atoms with van der Waals surface area (Å²) < 4.78 is 6.80. The summed E-state index contributed by atoms with van der Waals surface area (Å²) in [5.41, 5.74) is -0.130. The van der Waals surface area contributed by atoms with Gasteiger partial charge in [0.15, 0.2) is 0 Å². The van der Waals surface area contributed by atoms with Crippen molar-refractivity contribution in [3.63, 3.8) is 0 Å². The fourth-order valence-corrected chi connectivity index (χ4v) is 2.38. The van der Waals surface area contributed by atoms with Gasteiger partial charge in [-0.3, -0.25) is 4.31 Å². The van der Waals surface area contributed by atoms with Gasteiger partial charge in [-0.1, -0.05) is 19.2 Å². The summed E-state index contributed by atoms with van der Waals surface area (Å²) in [6.07, 6.45) is 6.43. The average Bonchev–Trinajstić information content (AvgIpc) is 2.14. The molecular formula is C9H15NO2S. The maximum atomic E-state index is 11.3. The van der Waals surface area contributed by atoms with Crippen LogP contribution >= 0.6 is 12.8 Å². The predicted molar refractivity (Wildman–Crippen MR) is 52.6 cm³/mol. The molecule has 0 aromatic heterocycles. The van der Waals surface area contributed by atoms with E-state index < -0.39 is 0 Å². The molecule has 0 aromatic rings. The van der Waals surface area contributed by atoms with Gasteiger partial charge < -0.3 is 4.74 Å². The molecule has 74 valence electrons. The first-order valence-corrected chi connectivity index (χ1v) is 5.31. The van der Waals surface area contributed by atoms with Crippen LogP contribution in [0.4, 0.5) is 4.79 Å². The lowest BCUT2D eigenvalue weighted by Crippen LogP contribution is -2.47. The molecule has 1 heterocycles. The van der Waals surface area contributed by atoms with Crippen molar-refractivity contribution in [1.82, 2.24) is 4.31 Å². The fourth-order valence-electron chi connectivity index (χ4n) is 2.24. The summed E-state index contributed by atoms with van der Waals surface area (Å²) in [5, 5.41) is 0. The lowest BCUT2D eigenvalue weighted by Gasteiger charge is -2.41. The van der Waals surface area contributed by atoms with E-state index in [0.29, 0.717) is 0 Å². The highest BCUT2D eigenvalue weighted by atomic mass is 32.1. The molecule has 0 radical (unpaired) electrons. The van der Waals surface area contributed by atoms with E-state index in [1.54, 1.807) is 0 Å². The van der Waals surface area contributed by atoms with Crippen LogP contribution in [0, 0.1) is 0 Å². The Labute approximate surface area is 84.0 Å². The monoisotopic (exact) mass is 201 g/mol. The van der Waals surface area contributed by atoms with Crippen LogP contribution in [0.2, 0.25) is 0 Å². The molecular weight excluding hydrogens is 186 g/mol. The minimum atomic E-state index is -0.267. The van der Waals surface area contributed by atoms with Gasteiger partial charge >= 0.3 is 6.09 Å². The molecule has 2 rings (SSSR count). The Kier molecular flexibility index (Phi) is 2.41. The summed E-state index contributed by atoms with van der Waals surface area (Å²) in [6, 6.07) is 0. The van der Waals surface area contributed by atoms with Gasteiger partial charge in [0, 0.05) is 13.0 Å². The third-order valence-corrected chi connectivity index (χ3v) is 3.42. The minimum absolute atomic E-state index is 0.130. The molecule has 13 heavy (non-hydrogen) atoms. The highest BCUT2D eigenvalue weighted by Crippen LogP contribution is 2.37. The first-order chi connectivity index (χ1) is 6.22. The second-order valence-electron chi connectivity index (χ2n) is 3.98. The van der Waals surface area contributed by atoms with E-state index in [1.165, 1.54) is 23.6 Å². The van der Waals surface area contributed by atoms with E-state index in [0.717, 1.165) is 25.8 Å². The molecule has 0 atom stereocenters. The zero-order chi connectivity index (χ0) is 9.31. The van der Waals surface area contributed by atoms with E-state index in [2.05, 4.69) is 12.8 Å². The van der Waals surface area contributed by atoms with Crippen molar-refractivity contribution in [3.8, 4) is 0 Å². The largest absolute Gasteiger partial charge is 0.442 e. The summed E-state index contributed by atoms with van der Waals surface area (Å²) in [6.45, 7) is 0.724. The van der Waals surface area contributed by atoms with E-state index in [9.17, 15) is 4.79 Å². The van der Waals surface area contributed by atoms with Gasteiger partial charge in [0.05, 0.1) is 0 Å². The standard InChI is InChI=1S/C9H15NO2S/c11-8-10(13)7-6-9(12-8)4-2-1-3-5-9/h13H,1-7H2. The molecule has 3 nitrogen and oxygen atoms in total. The maximum absolute atomic E-state index is 11.3.